The molecule has 1 aromatic carbocycles. The van der Waals surface area contributed by atoms with Crippen molar-refractivity contribution < 1.29 is 14.3 Å². The first-order valence-electron chi connectivity index (χ1n) is 6.38. The largest absolute Gasteiger partial charge is 0.462 e. The molecule has 5 nitrogen and oxygen atoms in total. The highest BCUT2D eigenvalue weighted by molar-refractivity contribution is 7.73. The summed E-state index contributed by atoms with van der Waals surface area (Å²) in [6.07, 6.45) is 0. The number of hydrogen-bond donors (Lipinski definition) is 1. The number of carbonyl (C=O) groups is 2. The first-order chi connectivity index (χ1) is 10.4. The predicted molar refractivity (Wildman–Crippen MR) is 89.5 cm³/mol. The van der Waals surface area contributed by atoms with E-state index in [1.807, 2.05) is 0 Å². The molecule has 0 bridgehead atoms. The van der Waals surface area contributed by atoms with Crippen LogP contribution in [0.1, 0.15) is 27.0 Å². The number of hydrogen-bond acceptors (Lipinski definition) is 5. The van der Waals surface area contributed by atoms with Gasteiger partial charge in [-0.3, -0.25) is 4.79 Å². The Morgan fingerprint density at radius 1 is 1.36 bits per heavy atom. The highest BCUT2D eigenvalue weighted by atomic mass is 35.5. The molecule has 0 saturated heterocycles. The van der Waals surface area contributed by atoms with Crippen LogP contribution in [0.2, 0.25) is 5.02 Å². The molecule has 0 aliphatic carbocycles. The van der Waals surface area contributed by atoms with Crippen LogP contribution in [0.15, 0.2) is 24.3 Å². The van der Waals surface area contributed by atoms with Gasteiger partial charge in [-0.2, -0.15) is 0 Å². The van der Waals surface area contributed by atoms with Crippen LogP contribution in [0.4, 0.5) is 5.82 Å². The molecule has 0 aliphatic rings. The fraction of sp³-hybridized carbons (Fsp3) is 0.214. The smallest absolute Gasteiger partial charge is 0.352 e. The first kappa shape index (κ1) is 16.7. The van der Waals surface area contributed by atoms with Crippen molar-refractivity contribution in [1.29, 1.82) is 0 Å². The third kappa shape index (κ3) is 3.55. The molecule has 0 spiro atoms. The third-order valence-corrected chi connectivity index (χ3v) is 4.60. The lowest BCUT2D eigenvalue weighted by molar-refractivity contribution is 0.0533. The van der Waals surface area contributed by atoms with Gasteiger partial charge in [0.15, 0.2) is 8.83 Å². The van der Waals surface area contributed by atoms with Crippen molar-refractivity contribution >= 4 is 52.8 Å². The van der Waals surface area contributed by atoms with Gasteiger partial charge in [-0.05, 0) is 43.4 Å². The number of anilines is 1. The van der Waals surface area contributed by atoms with Crippen LogP contribution >= 0.6 is 35.2 Å². The molecule has 116 valence electrons. The maximum absolute atomic E-state index is 12.3. The minimum absolute atomic E-state index is 0.248. The van der Waals surface area contributed by atoms with E-state index in [1.54, 1.807) is 42.8 Å². The predicted octanol–water partition coefficient (Wildman–Crippen LogP) is 3.90. The van der Waals surface area contributed by atoms with Crippen molar-refractivity contribution in [1.82, 2.24) is 4.57 Å². The number of esters is 1. The zero-order chi connectivity index (χ0) is 16.3. The summed E-state index contributed by atoms with van der Waals surface area (Å²) in [5, 5.41) is 3.24. The zero-order valence-electron chi connectivity index (χ0n) is 11.9. The number of amides is 1. The Kier molecular flexibility index (Phi) is 5.33. The number of thiazole rings is 1. The van der Waals surface area contributed by atoms with Crippen molar-refractivity contribution in [2.45, 2.75) is 6.92 Å². The number of benzene rings is 1. The SMILES string of the molecule is CCOC(=O)c1sc(=S)n(C)c1NC(=O)c1ccc(Cl)cc1. The Bertz CT molecular complexity index is 765. The summed E-state index contributed by atoms with van der Waals surface area (Å²) in [6.45, 7) is 1.96. The van der Waals surface area contributed by atoms with Crippen LogP contribution in [0.5, 0.6) is 0 Å². The molecule has 0 fully saturated rings. The second-order valence-electron chi connectivity index (χ2n) is 4.29. The molecule has 0 aliphatic heterocycles. The molecule has 0 unspecified atom stereocenters. The van der Waals surface area contributed by atoms with Crippen molar-refractivity contribution in [2.75, 3.05) is 11.9 Å². The molecule has 1 aromatic heterocycles. The van der Waals surface area contributed by atoms with Gasteiger partial charge in [0.1, 0.15) is 5.82 Å². The Labute approximate surface area is 141 Å². The molecular weight excluding hydrogens is 344 g/mol. The number of aromatic nitrogens is 1. The number of nitrogens with zero attached hydrogens (tertiary/aromatic N) is 1. The lowest BCUT2D eigenvalue weighted by Crippen LogP contribution is -2.17. The molecule has 1 heterocycles. The van der Waals surface area contributed by atoms with E-state index >= 15 is 0 Å². The van der Waals surface area contributed by atoms with Crippen LogP contribution in [0, 0.1) is 3.95 Å². The van der Waals surface area contributed by atoms with Gasteiger partial charge in [0.25, 0.3) is 5.91 Å². The van der Waals surface area contributed by atoms with Crippen molar-refractivity contribution in [2.24, 2.45) is 7.05 Å². The maximum Gasteiger partial charge on any atom is 0.352 e. The molecule has 0 radical (unpaired) electrons. The average Bonchev–Trinajstić information content (AvgIpc) is 2.76. The molecule has 1 amide bonds. The Morgan fingerprint density at radius 2 is 2.00 bits per heavy atom. The molecule has 2 aromatic rings. The number of halogens is 1. The van der Waals surface area contributed by atoms with E-state index in [0.29, 0.717) is 20.4 Å². The van der Waals surface area contributed by atoms with E-state index in [4.69, 9.17) is 28.6 Å². The summed E-state index contributed by atoms with van der Waals surface area (Å²) in [5.74, 6) is -0.537. The number of rotatable bonds is 4. The minimum Gasteiger partial charge on any atom is -0.462 e. The summed E-state index contributed by atoms with van der Waals surface area (Å²) in [6, 6.07) is 6.44. The fourth-order valence-electron chi connectivity index (χ4n) is 1.70. The number of nitrogens with one attached hydrogen (secondary N) is 1. The highest BCUT2D eigenvalue weighted by Gasteiger charge is 2.21. The molecule has 1 N–H and O–H groups in total. The number of ether oxygens (including phenoxy) is 1. The monoisotopic (exact) mass is 356 g/mol. The van der Waals surface area contributed by atoms with Crippen molar-refractivity contribution in [3.05, 3.63) is 43.7 Å². The van der Waals surface area contributed by atoms with Crippen LogP contribution < -0.4 is 5.32 Å². The van der Waals surface area contributed by atoms with Crippen LogP contribution in [-0.2, 0) is 11.8 Å². The van der Waals surface area contributed by atoms with Gasteiger partial charge in [0.05, 0.1) is 6.61 Å². The van der Waals surface area contributed by atoms with E-state index in [2.05, 4.69) is 5.32 Å². The van der Waals surface area contributed by atoms with Gasteiger partial charge in [-0.15, -0.1) is 0 Å². The summed E-state index contributed by atoms with van der Waals surface area (Å²) in [7, 11) is 1.68. The molecule has 0 atom stereocenters. The fourth-order valence-corrected chi connectivity index (χ4v) is 3.00. The highest BCUT2D eigenvalue weighted by Crippen LogP contribution is 2.25. The molecular formula is C14H13ClN2O3S2. The van der Waals surface area contributed by atoms with Crippen LogP contribution in [0.3, 0.4) is 0 Å². The quantitative estimate of drug-likeness (QED) is 0.666. The van der Waals surface area contributed by atoms with Gasteiger partial charge in [0.2, 0.25) is 0 Å². The van der Waals surface area contributed by atoms with Gasteiger partial charge >= 0.3 is 5.97 Å². The summed E-state index contributed by atoms with van der Waals surface area (Å²) < 4.78 is 7.02. The molecule has 22 heavy (non-hydrogen) atoms. The van der Waals surface area contributed by atoms with Gasteiger partial charge in [0, 0.05) is 17.6 Å². The van der Waals surface area contributed by atoms with E-state index in [0.717, 1.165) is 11.3 Å². The van der Waals surface area contributed by atoms with Crippen molar-refractivity contribution in [3.8, 4) is 0 Å². The molecule has 2 rings (SSSR count). The minimum atomic E-state index is -0.509. The van der Waals surface area contributed by atoms with Gasteiger partial charge in [-0.1, -0.05) is 22.9 Å². The summed E-state index contributed by atoms with van der Waals surface area (Å²) in [4.78, 5) is 24.5. The van der Waals surface area contributed by atoms with E-state index < -0.39 is 5.97 Å². The van der Waals surface area contributed by atoms with Crippen LogP contribution in [0.25, 0.3) is 0 Å². The Hall–Kier alpha value is -1.70. The lowest BCUT2D eigenvalue weighted by Gasteiger charge is -2.08. The zero-order valence-corrected chi connectivity index (χ0v) is 14.3. The standard InChI is InChI=1S/C14H13ClN2O3S2/c1-3-20-13(19)10-11(17(2)14(21)22-10)16-12(18)8-4-6-9(15)7-5-8/h4-7H,3H2,1-2H3,(H,16,18). The van der Waals surface area contributed by atoms with E-state index in [-0.39, 0.29) is 17.4 Å². The lowest BCUT2D eigenvalue weighted by atomic mass is 10.2. The average molecular weight is 357 g/mol. The number of carbonyl (C=O) groups excluding carboxylic acids is 2. The van der Waals surface area contributed by atoms with Gasteiger partial charge < -0.3 is 14.6 Å². The second-order valence-corrected chi connectivity index (χ2v) is 6.37. The first-order valence-corrected chi connectivity index (χ1v) is 7.98. The summed E-state index contributed by atoms with van der Waals surface area (Å²) >= 11 is 12.1. The molecule has 8 heteroatoms. The van der Waals surface area contributed by atoms with E-state index in [9.17, 15) is 9.59 Å². The third-order valence-electron chi connectivity index (χ3n) is 2.81. The topological polar surface area (TPSA) is 60.3 Å². The second kappa shape index (κ2) is 7.04. The van der Waals surface area contributed by atoms with E-state index in [1.165, 1.54) is 0 Å². The van der Waals surface area contributed by atoms with Crippen LogP contribution in [-0.4, -0.2) is 23.1 Å². The maximum atomic E-state index is 12.3. The molecule has 0 saturated carbocycles. The normalized spacial score (nSPS) is 10.3. The summed E-state index contributed by atoms with van der Waals surface area (Å²) in [5.41, 5.74) is 0.427. The van der Waals surface area contributed by atoms with Crippen molar-refractivity contribution in [3.63, 3.8) is 0 Å². The Balaban J connectivity index is 2.32. The Morgan fingerprint density at radius 3 is 2.59 bits per heavy atom. The van der Waals surface area contributed by atoms with Gasteiger partial charge in [-0.25, -0.2) is 4.79 Å².